The van der Waals surface area contributed by atoms with Crippen LogP contribution >= 0.6 is 0 Å². The summed E-state index contributed by atoms with van der Waals surface area (Å²) < 4.78 is 56.2. The molecule has 1 saturated heterocycles. The molecular formula is C24H36N3O4S2+. The summed E-state index contributed by atoms with van der Waals surface area (Å²) in [5, 5.41) is 0. The van der Waals surface area contributed by atoms with E-state index in [1.807, 2.05) is 53.7 Å². The van der Waals surface area contributed by atoms with Crippen LogP contribution in [0.2, 0.25) is 0 Å². The molecule has 0 aromatic heterocycles. The number of aryl methyl sites for hydroxylation is 6. The second-order valence-electron chi connectivity index (χ2n) is 9.21. The summed E-state index contributed by atoms with van der Waals surface area (Å²) in [6.45, 7) is 14.5. The van der Waals surface area contributed by atoms with Crippen molar-refractivity contribution in [3.05, 3.63) is 57.6 Å². The third-order valence-corrected chi connectivity index (χ3v) is 10.3. The number of hydrogen-bond donors (Lipinski definition) is 2. The van der Waals surface area contributed by atoms with Crippen LogP contribution in [0.15, 0.2) is 34.1 Å². The van der Waals surface area contributed by atoms with Gasteiger partial charge in [-0.25, -0.2) is 21.6 Å². The Morgan fingerprint density at radius 3 is 1.73 bits per heavy atom. The van der Waals surface area contributed by atoms with E-state index in [9.17, 15) is 16.8 Å². The van der Waals surface area contributed by atoms with Crippen molar-refractivity contribution in [3.63, 3.8) is 0 Å². The summed E-state index contributed by atoms with van der Waals surface area (Å²) in [5.41, 5.74) is 5.57. The zero-order valence-electron chi connectivity index (χ0n) is 20.4. The number of hydrogen-bond acceptors (Lipinski definition) is 4. The first-order valence-corrected chi connectivity index (χ1v) is 14.2. The quantitative estimate of drug-likeness (QED) is 0.609. The third kappa shape index (κ3) is 5.66. The standard InChI is InChI=1S/C24H35N3O4S2/c1-17-13-21(5)23(15-19(17)3)32(28,29)25-7-8-26-9-11-27(12-10-26)33(30,31)24-16-20(4)18(2)14-22(24)6/h13-16,25H,7-12H2,1-6H3/p+1. The van der Waals surface area contributed by atoms with Crippen LogP contribution in [-0.4, -0.2) is 60.4 Å². The van der Waals surface area contributed by atoms with E-state index >= 15 is 0 Å². The monoisotopic (exact) mass is 494 g/mol. The van der Waals surface area contributed by atoms with E-state index in [-0.39, 0.29) is 0 Å². The molecule has 3 rings (SSSR count). The van der Waals surface area contributed by atoms with Gasteiger partial charge in [-0.15, -0.1) is 0 Å². The minimum Gasteiger partial charge on any atom is -0.332 e. The number of quaternary nitrogens is 1. The van der Waals surface area contributed by atoms with Crippen molar-refractivity contribution in [1.82, 2.24) is 9.03 Å². The largest absolute Gasteiger partial charge is 0.332 e. The normalized spacial score (nSPS) is 16.3. The van der Waals surface area contributed by atoms with Gasteiger partial charge < -0.3 is 4.90 Å². The molecule has 2 N–H and O–H groups in total. The van der Waals surface area contributed by atoms with E-state index in [1.54, 1.807) is 16.4 Å². The second kappa shape index (κ2) is 9.84. The smallest absolute Gasteiger partial charge is 0.243 e. The maximum absolute atomic E-state index is 13.2. The molecule has 182 valence electrons. The number of nitrogens with one attached hydrogen (secondary N) is 2. The van der Waals surface area contributed by atoms with Crippen LogP contribution in [0.4, 0.5) is 0 Å². The van der Waals surface area contributed by atoms with Crippen molar-refractivity contribution >= 4 is 20.0 Å². The minimum absolute atomic E-state index is 0.313. The molecular weight excluding hydrogens is 458 g/mol. The van der Waals surface area contributed by atoms with Gasteiger partial charge in [-0.05, 0) is 87.1 Å². The Morgan fingerprint density at radius 1 is 0.727 bits per heavy atom. The average molecular weight is 495 g/mol. The predicted octanol–water partition coefficient (Wildman–Crippen LogP) is 1.40. The lowest BCUT2D eigenvalue weighted by Gasteiger charge is -2.32. The molecule has 7 nitrogen and oxygen atoms in total. The van der Waals surface area contributed by atoms with E-state index in [4.69, 9.17) is 0 Å². The average Bonchev–Trinajstić information content (AvgIpc) is 2.73. The SMILES string of the molecule is Cc1cc(C)c(S(=O)(=O)NCC[NH+]2CCN(S(=O)(=O)c3cc(C)c(C)cc3C)CC2)cc1C. The molecule has 0 amide bonds. The molecule has 0 bridgehead atoms. The third-order valence-electron chi connectivity index (χ3n) is 6.69. The maximum Gasteiger partial charge on any atom is 0.243 e. The number of benzene rings is 2. The fourth-order valence-electron chi connectivity index (χ4n) is 4.31. The Bertz CT molecular complexity index is 1240. The topological polar surface area (TPSA) is 88.0 Å². The predicted molar refractivity (Wildman–Crippen MR) is 131 cm³/mol. The van der Waals surface area contributed by atoms with Crippen molar-refractivity contribution < 1.29 is 21.7 Å². The van der Waals surface area contributed by atoms with Crippen molar-refractivity contribution in [3.8, 4) is 0 Å². The fraction of sp³-hybridized carbons (Fsp3) is 0.500. The maximum atomic E-state index is 13.2. The zero-order chi connectivity index (χ0) is 24.6. The molecule has 0 unspecified atom stereocenters. The van der Waals surface area contributed by atoms with Crippen LogP contribution in [0.1, 0.15) is 33.4 Å². The minimum atomic E-state index is -3.58. The van der Waals surface area contributed by atoms with Crippen molar-refractivity contribution in [2.24, 2.45) is 0 Å². The van der Waals surface area contributed by atoms with E-state index in [0.29, 0.717) is 49.1 Å². The Hall–Kier alpha value is -1.78. The van der Waals surface area contributed by atoms with Gasteiger partial charge in [0.05, 0.1) is 49.1 Å². The number of sulfonamides is 2. The van der Waals surface area contributed by atoms with E-state index < -0.39 is 20.0 Å². The zero-order valence-corrected chi connectivity index (χ0v) is 22.1. The first-order valence-electron chi connectivity index (χ1n) is 11.3. The van der Waals surface area contributed by atoms with Crippen LogP contribution in [0.3, 0.4) is 0 Å². The molecule has 0 spiro atoms. The summed E-state index contributed by atoms with van der Waals surface area (Å²) in [7, 11) is -7.12. The highest BCUT2D eigenvalue weighted by atomic mass is 32.2. The van der Waals surface area contributed by atoms with Gasteiger partial charge in [0.1, 0.15) is 0 Å². The van der Waals surface area contributed by atoms with Crippen LogP contribution in [-0.2, 0) is 20.0 Å². The molecule has 1 aliphatic rings. The van der Waals surface area contributed by atoms with Crippen LogP contribution < -0.4 is 9.62 Å². The summed E-state index contributed by atoms with van der Waals surface area (Å²) in [5.74, 6) is 0. The van der Waals surface area contributed by atoms with Gasteiger partial charge in [-0.2, -0.15) is 4.31 Å². The molecule has 1 heterocycles. The molecule has 0 atom stereocenters. The lowest BCUT2D eigenvalue weighted by molar-refractivity contribution is -0.902. The molecule has 1 fully saturated rings. The van der Waals surface area contributed by atoms with Gasteiger partial charge in [0.2, 0.25) is 20.0 Å². The number of nitrogens with zero attached hydrogens (tertiary/aromatic N) is 1. The molecule has 2 aromatic carbocycles. The summed E-state index contributed by atoms with van der Waals surface area (Å²) >= 11 is 0. The highest BCUT2D eigenvalue weighted by molar-refractivity contribution is 7.89. The lowest BCUT2D eigenvalue weighted by Crippen LogP contribution is -3.15. The summed E-state index contributed by atoms with van der Waals surface area (Å²) in [6, 6.07) is 7.31. The number of piperazine rings is 1. The van der Waals surface area contributed by atoms with E-state index in [2.05, 4.69) is 4.72 Å². The van der Waals surface area contributed by atoms with Gasteiger partial charge in [-0.3, -0.25) is 0 Å². The first-order chi connectivity index (χ1) is 15.3. The Morgan fingerprint density at radius 2 is 1.18 bits per heavy atom. The Labute approximate surface area is 198 Å². The van der Waals surface area contributed by atoms with E-state index in [0.717, 1.165) is 33.4 Å². The van der Waals surface area contributed by atoms with Gasteiger partial charge >= 0.3 is 0 Å². The molecule has 0 saturated carbocycles. The Kier molecular flexibility index (Phi) is 7.70. The first kappa shape index (κ1) is 25.8. The Balaban J connectivity index is 1.58. The number of rotatable bonds is 7. The van der Waals surface area contributed by atoms with E-state index in [1.165, 1.54) is 4.90 Å². The van der Waals surface area contributed by atoms with Crippen molar-refractivity contribution in [2.75, 3.05) is 39.3 Å². The van der Waals surface area contributed by atoms with Crippen LogP contribution in [0, 0.1) is 41.5 Å². The molecule has 9 heteroatoms. The van der Waals surface area contributed by atoms with Crippen molar-refractivity contribution in [1.29, 1.82) is 0 Å². The highest BCUT2D eigenvalue weighted by Crippen LogP contribution is 2.23. The fourth-order valence-corrected chi connectivity index (χ4v) is 7.38. The molecule has 33 heavy (non-hydrogen) atoms. The second-order valence-corrected chi connectivity index (χ2v) is 12.8. The summed E-state index contributed by atoms with van der Waals surface area (Å²) in [4.78, 5) is 1.89. The molecule has 0 radical (unpaired) electrons. The van der Waals surface area contributed by atoms with Crippen LogP contribution in [0.25, 0.3) is 0 Å². The van der Waals surface area contributed by atoms with Gasteiger partial charge in [0.25, 0.3) is 0 Å². The van der Waals surface area contributed by atoms with Gasteiger partial charge in [-0.1, -0.05) is 12.1 Å². The summed E-state index contributed by atoms with van der Waals surface area (Å²) in [6.07, 6.45) is 0. The van der Waals surface area contributed by atoms with Gasteiger partial charge in [0.15, 0.2) is 0 Å². The van der Waals surface area contributed by atoms with Crippen molar-refractivity contribution in [2.45, 2.75) is 51.3 Å². The highest BCUT2D eigenvalue weighted by Gasteiger charge is 2.31. The molecule has 0 aliphatic carbocycles. The lowest BCUT2D eigenvalue weighted by atomic mass is 10.1. The van der Waals surface area contributed by atoms with Gasteiger partial charge in [0, 0.05) is 0 Å². The molecule has 1 aliphatic heterocycles. The molecule has 2 aromatic rings. The van der Waals surface area contributed by atoms with Crippen LogP contribution in [0.5, 0.6) is 0 Å².